The number of imide groups is 1. The maximum atomic E-state index is 11.9. The number of benzene rings is 1. The fourth-order valence-corrected chi connectivity index (χ4v) is 3.09. The lowest BCUT2D eigenvalue weighted by atomic mass is 9.89. The Balaban J connectivity index is 1.76. The number of nitrogens with one attached hydrogen (secondary N) is 1. The van der Waals surface area contributed by atoms with Crippen LogP contribution in [0.15, 0.2) is 24.3 Å². The van der Waals surface area contributed by atoms with Gasteiger partial charge in [-0.05, 0) is 36.6 Å². The molecule has 2 rings (SSSR count). The van der Waals surface area contributed by atoms with Crippen LogP contribution in [0, 0.1) is 5.92 Å². The molecule has 0 radical (unpaired) electrons. The average molecular weight is 384 g/mol. The highest BCUT2D eigenvalue weighted by Gasteiger charge is 2.22. The number of rotatable bonds is 5. The van der Waals surface area contributed by atoms with Crippen LogP contribution in [0.2, 0.25) is 10.0 Å². The Morgan fingerprint density at radius 1 is 1.16 bits per heavy atom. The predicted molar refractivity (Wildman–Crippen MR) is 96.2 cm³/mol. The van der Waals surface area contributed by atoms with E-state index in [0.29, 0.717) is 15.6 Å². The summed E-state index contributed by atoms with van der Waals surface area (Å²) in [5.41, 5.74) is 0.597. The lowest BCUT2D eigenvalue weighted by Crippen LogP contribution is -2.38. The number of esters is 1. The molecule has 0 saturated heterocycles. The summed E-state index contributed by atoms with van der Waals surface area (Å²) in [6, 6.07) is 4.85. The van der Waals surface area contributed by atoms with Gasteiger partial charge in [-0.15, -0.1) is 0 Å². The van der Waals surface area contributed by atoms with E-state index < -0.39 is 18.5 Å². The second kappa shape index (κ2) is 9.59. The van der Waals surface area contributed by atoms with Crippen molar-refractivity contribution in [1.82, 2.24) is 5.32 Å². The van der Waals surface area contributed by atoms with E-state index in [2.05, 4.69) is 5.32 Å². The first-order valence-corrected chi connectivity index (χ1v) is 8.85. The zero-order valence-electron chi connectivity index (χ0n) is 13.6. The number of amides is 2. The van der Waals surface area contributed by atoms with E-state index in [1.165, 1.54) is 6.08 Å². The van der Waals surface area contributed by atoms with Crippen molar-refractivity contribution in [2.75, 3.05) is 6.61 Å². The Kier molecular flexibility index (Phi) is 7.47. The Labute approximate surface area is 156 Å². The van der Waals surface area contributed by atoms with Crippen LogP contribution < -0.4 is 5.32 Å². The van der Waals surface area contributed by atoms with Crippen LogP contribution in [0.4, 0.5) is 0 Å². The molecule has 0 heterocycles. The average Bonchev–Trinajstić information content (AvgIpc) is 2.60. The summed E-state index contributed by atoms with van der Waals surface area (Å²) in [6.07, 6.45) is 7.34. The van der Waals surface area contributed by atoms with Gasteiger partial charge in [-0.1, -0.05) is 48.5 Å². The molecule has 0 unspecified atom stereocenters. The Bertz CT molecular complexity index is 682. The van der Waals surface area contributed by atoms with Crippen LogP contribution in [-0.4, -0.2) is 24.4 Å². The van der Waals surface area contributed by atoms with E-state index in [4.69, 9.17) is 27.9 Å². The molecule has 1 N–H and O–H groups in total. The summed E-state index contributed by atoms with van der Waals surface area (Å²) >= 11 is 11.8. The quantitative estimate of drug-likeness (QED) is 0.620. The summed E-state index contributed by atoms with van der Waals surface area (Å²) < 4.78 is 4.82. The van der Waals surface area contributed by atoms with Gasteiger partial charge < -0.3 is 4.74 Å². The second-order valence-electron chi connectivity index (χ2n) is 5.85. The number of hydrogen-bond acceptors (Lipinski definition) is 4. The zero-order chi connectivity index (χ0) is 18.2. The van der Waals surface area contributed by atoms with Gasteiger partial charge in [0.15, 0.2) is 6.61 Å². The Morgan fingerprint density at radius 3 is 2.56 bits per heavy atom. The third kappa shape index (κ3) is 6.52. The predicted octanol–water partition coefficient (Wildman–Crippen LogP) is 3.77. The molecule has 0 aromatic heterocycles. The van der Waals surface area contributed by atoms with Crippen molar-refractivity contribution >= 4 is 47.1 Å². The molecule has 134 valence electrons. The van der Waals surface area contributed by atoms with E-state index in [-0.39, 0.29) is 11.8 Å². The van der Waals surface area contributed by atoms with Gasteiger partial charge in [-0.25, -0.2) is 4.79 Å². The van der Waals surface area contributed by atoms with Crippen molar-refractivity contribution in [2.24, 2.45) is 5.92 Å². The normalized spacial score (nSPS) is 15.1. The third-order valence-electron chi connectivity index (χ3n) is 3.95. The van der Waals surface area contributed by atoms with Crippen molar-refractivity contribution in [2.45, 2.75) is 32.1 Å². The number of ether oxygens (including phenoxy) is 1. The molecule has 1 fully saturated rings. The highest BCUT2D eigenvalue weighted by atomic mass is 35.5. The van der Waals surface area contributed by atoms with E-state index >= 15 is 0 Å². The minimum Gasteiger partial charge on any atom is -0.452 e. The molecule has 25 heavy (non-hydrogen) atoms. The van der Waals surface area contributed by atoms with E-state index in [1.807, 2.05) is 0 Å². The van der Waals surface area contributed by atoms with Crippen molar-refractivity contribution in [1.29, 1.82) is 0 Å². The van der Waals surface area contributed by atoms with Gasteiger partial charge in [0.1, 0.15) is 0 Å². The van der Waals surface area contributed by atoms with Gasteiger partial charge in [-0.2, -0.15) is 0 Å². The molecule has 0 atom stereocenters. The maximum absolute atomic E-state index is 11.9. The van der Waals surface area contributed by atoms with Crippen molar-refractivity contribution in [3.05, 3.63) is 39.9 Å². The topological polar surface area (TPSA) is 72.5 Å². The number of carbonyl (C=O) groups excluding carboxylic acids is 3. The number of hydrogen-bond donors (Lipinski definition) is 1. The number of halogens is 2. The SMILES string of the molecule is O=C(COC(=O)/C=C/c1ccc(Cl)cc1Cl)NC(=O)C1CCCCC1. The van der Waals surface area contributed by atoms with E-state index in [0.717, 1.165) is 38.2 Å². The molecular formula is C18H19Cl2NO4. The fourth-order valence-electron chi connectivity index (χ4n) is 2.62. The Morgan fingerprint density at radius 2 is 1.88 bits per heavy atom. The lowest BCUT2D eigenvalue weighted by molar-refractivity contribution is -0.146. The smallest absolute Gasteiger partial charge is 0.331 e. The summed E-state index contributed by atoms with van der Waals surface area (Å²) in [4.78, 5) is 35.3. The highest BCUT2D eigenvalue weighted by molar-refractivity contribution is 6.35. The van der Waals surface area contributed by atoms with Crippen molar-refractivity contribution < 1.29 is 19.1 Å². The fraction of sp³-hybridized carbons (Fsp3) is 0.389. The molecule has 1 aliphatic carbocycles. The molecule has 1 saturated carbocycles. The third-order valence-corrected chi connectivity index (χ3v) is 4.51. The molecule has 7 heteroatoms. The van der Waals surface area contributed by atoms with Gasteiger partial charge in [0.05, 0.1) is 0 Å². The van der Waals surface area contributed by atoms with E-state index in [1.54, 1.807) is 18.2 Å². The van der Waals surface area contributed by atoms with Crippen LogP contribution >= 0.6 is 23.2 Å². The van der Waals surface area contributed by atoms with Crippen LogP contribution in [0.3, 0.4) is 0 Å². The van der Waals surface area contributed by atoms with Gasteiger partial charge in [-0.3, -0.25) is 14.9 Å². The van der Waals surface area contributed by atoms with Gasteiger partial charge in [0.2, 0.25) is 5.91 Å². The first-order valence-electron chi connectivity index (χ1n) is 8.09. The van der Waals surface area contributed by atoms with Crippen LogP contribution in [0.5, 0.6) is 0 Å². The molecule has 5 nitrogen and oxygen atoms in total. The van der Waals surface area contributed by atoms with Gasteiger partial charge in [0, 0.05) is 22.0 Å². The largest absolute Gasteiger partial charge is 0.452 e. The molecule has 0 aliphatic heterocycles. The van der Waals surface area contributed by atoms with Crippen molar-refractivity contribution in [3.63, 3.8) is 0 Å². The monoisotopic (exact) mass is 383 g/mol. The first kappa shape index (κ1) is 19.5. The Hall–Kier alpha value is -1.85. The minimum atomic E-state index is -0.703. The van der Waals surface area contributed by atoms with Crippen LogP contribution in [0.25, 0.3) is 6.08 Å². The molecular weight excluding hydrogens is 365 g/mol. The van der Waals surface area contributed by atoms with Crippen LogP contribution in [-0.2, 0) is 19.1 Å². The van der Waals surface area contributed by atoms with Gasteiger partial charge >= 0.3 is 5.97 Å². The van der Waals surface area contributed by atoms with Crippen molar-refractivity contribution in [3.8, 4) is 0 Å². The summed E-state index contributed by atoms with van der Waals surface area (Å²) in [6.45, 7) is -0.504. The molecule has 1 aromatic rings. The molecule has 0 bridgehead atoms. The maximum Gasteiger partial charge on any atom is 0.331 e. The number of carbonyl (C=O) groups is 3. The minimum absolute atomic E-state index is 0.125. The summed E-state index contributed by atoms with van der Waals surface area (Å²) in [5.74, 6) is -1.74. The summed E-state index contributed by atoms with van der Waals surface area (Å²) in [7, 11) is 0. The second-order valence-corrected chi connectivity index (χ2v) is 6.70. The molecule has 2 amide bonds. The molecule has 1 aromatic carbocycles. The molecule has 0 spiro atoms. The zero-order valence-corrected chi connectivity index (χ0v) is 15.1. The summed E-state index contributed by atoms with van der Waals surface area (Å²) in [5, 5.41) is 3.16. The van der Waals surface area contributed by atoms with Crippen LogP contribution in [0.1, 0.15) is 37.7 Å². The van der Waals surface area contributed by atoms with Gasteiger partial charge in [0.25, 0.3) is 5.91 Å². The lowest BCUT2D eigenvalue weighted by Gasteiger charge is -2.20. The van der Waals surface area contributed by atoms with E-state index in [9.17, 15) is 14.4 Å². The standard InChI is InChI=1S/C18H19Cl2NO4/c19-14-8-6-12(15(20)10-14)7-9-17(23)25-11-16(22)21-18(24)13-4-2-1-3-5-13/h6-10,13H,1-5,11H2,(H,21,22,24)/b9-7+. The highest BCUT2D eigenvalue weighted by Crippen LogP contribution is 2.23. The molecule has 1 aliphatic rings. The first-order chi connectivity index (χ1) is 12.0.